The lowest BCUT2D eigenvalue weighted by Crippen LogP contribution is -2.37. The van der Waals surface area contributed by atoms with Crippen LogP contribution in [0.25, 0.3) is 10.4 Å². The maximum Gasteiger partial charge on any atom is 0.320 e. The second kappa shape index (κ2) is 10.2. The van der Waals surface area contributed by atoms with Gasteiger partial charge in [0.2, 0.25) is 0 Å². The van der Waals surface area contributed by atoms with Gasteiger partial charge in [0, 0.05) is 24.5 Å². The number of rotatable bonds is 9. The lowest BCUT2D eigenvalue weighted by Gasteiger charge is -2.07. The third-order valence-corrected chi connectivity index (χ3v) is 2.11. The zero-order valence-electron chi connectivity index (χ0n) is 10.0. The highest BCUT2D eigenvalue weighted by molar-refractivity contribution is 5.73. The van der Waals surface area contributed by atoms with Crippen molar-refractivity contribution in [2.75, 3.05) is 19.6 Å². The van der Waals surface area contributed by atoms with E-state index in [0.717, 1.165) is 0 Å². The van der Waals surface area contributed by atoms with E-state index in [9.17, 15) is 9.59 Å². The predicted octanol–water partition coefficient (Wildman–Crippen LogP) is 0.178. The van der Waals surface area contributed by atoms with Crippen LogP contribution in [0.15, 0.2) is 5.11 Å². The fraction of sp³-hybridized carbons (Fsp3) is 0.778. The number of carbonyl (C=O) groups is 2. The standard InChI is InChI=1S/C9H18N6O3/c10-7(8(16)17)3-1-2-4-12-9(18)13-5-6-14-15-11/h7H,1-6,10H2,(H,16,17)(H2,12,13,18). The molecule has 0 radical (unpaired) electrons. The number of hydrogen-bond acceptors (Lipinski definition) is 4. The smallest absolute Gasteiger partial charge is 0.320 e. The Morgan fingerprint density at radius 1 is 1.33 bits per heavy atom. The van der Waals surface area contributed by atoms with E-state index in [1.165, 1.54) is 0 Å². The summed E-state index contributed by atoms with van der Waals surface area (Å²) in [4.78, 5) is 24.1. The summed E-state index contributed by atoms with van der Waals surface area (Å²) in [5.74, 6) is -1.02. The number of nitrogens with one attached hydrogen (secondary N) is 2. The van der Waals surface area contributed by atoms with Crippen molar-refractivity contribution in [2.45, 2.75) is 25.3 Å². The largest absolute Gasteiger partial charge is 0.480 e. The Balaban J connectivity index is 3.40. The summed E-state index contributed by atoms with van der Waals surface area (Å²) < 4.78 is 0. The minimum Gasteiger partial charge on any atom is -0.480 e. The molecule has 0 heterocycles. The number of carboxylic acid groups (broad SMARTS) is 1. The molecule has 0 saturated carbocycles. The van der Waals surface area contributed by atoms with Gasteiger partial charge in [-0.15, -0.1) is 0 Å². The monoisotopic (exact) mass is 258 g/mol. The number of nitrogens with two attached hydrogens (primary N) is 1. The number of amides is 2. The van der Waals surface area contributed by atoms with Crippen LogP contribution >= 0.6 is 0 Å². The summed E-state index contributed by atoms with van der Waals surface area (Å²) in [7, 11) is 0. The molecule has 102 valence electrons. The first-order valence-corrected chi connectivity index (χ1v) is 5.59. The van der Waals surface area contributed by atoms with Gasteiger partial charge in [0.05, 0.1) is 0 Å². The SMILES string of the molecule is [N-]=[N+]=NCCNC(=O)NCCCCC(N)C(=O)O. The van der Waals surface area contributed by atoms with E-state index < -0.39 is 12.0 Å². The molecule has 0 rings (SSSR count). The van der Waals surface area contributed by atoms with Gasteiger partial charge in [0.15, 0.2) is 0 Å². The molecule has 5 N–H and O–H groups in total. The van der Waals surface area contributed by atoms with Crippen LogP contribution in [0.2, 0.25) is 0 Å². The van der Waals surface area contributed by atoms with E-state index in [1.807, 2.05) is 0 Å². The van der Waals surface area contributed by atoms with Crippen LogP contribution in [0, 0.1) is 0 Å². The third-order valence-electron chi connectivity index (χ3n) is 2.11. The number of nitrogens with zero attached hydrogens (tertiary/aromatic N) is 3. The molecule has 1 unspecified atom stereocenters. The first kappa shape index (κ1) is 16.0. The molecule has 0 bridgehead atoms. The molecular formula is C9H18N6O3. The lowest BCUT2D eigenvalue weighted by atomic mass is 10.1. The molecule has 18 heavy (non-hydrogen) atoms. The van der Waals surface area contributed by atoms with Gasteiger partial charge in [-0.3, -0.25) is 4.79 Å². The van der Waals surface area contributed by atoms with Gasteiger partial charge >= 0.3 is 12.0 Å². The molecule has 0 aliphatic carbocycles. The number of azide groups is 1. The van der Waals surface area contributed by atoms with E-state index in [4.69, 9.17) is 16.4 Å². The van der Waals surface area contributed by atoms with E-state index in [-0.39, 0.29) is 19.1 Å². The van der Waals surface area contributed by atoms with Gasteiger partial charge in [-0.25, -0.2) is 4.79 Å². The minimum absolute atomic E-state index is 0.206. The summed E-state index contributed by atoms with van der Waals surface area (Å²) in [5, 5.41) is 16.9. The first-order valence-electron chi connectivity index (χ1n) is 5.59. The summed E-state index contributed by atoms with van der Waals surface area (Å²) in [5.41, 5.74) is 13.3. The van der Waals surface area contributed by atoms with Crippen molar-refractivity contribution in [3.8, 4) is 0 Å². The molecule has 0 saturated heterocycles. The molecule has 9 nitrogen and oxygen atoms in total. The number of unbranched alkanes of at least 4 members (excludes halogenated alkanes) is 1. The highest BCUT2D eigenvalue weighted by Gasteiger charge is 2.09. The van der Waals surface area contributed by atoms with Gasteiger partial charge in [0.25, 0.3) is 0 Å². The van der Waals surface area contributed by atoms with E-state index in [2.05, 4.69) is 20.7 Å². The zero-order chi connectivity index (χ0) is 13.8. The Bertz CT molecular complexity index is 315. The number of hydrogen-bond donors (Lipinski definition) is 4. The highest BCUT2D eigenvalue weighted by Crippen LogP contribution is 1.97. The molecule has 0 aromatic carbocycles. The van der Waals surface area contributed by atoms with E-state index in [1.54, 1.807) is 0 Å². The molecular weight excluding hydrogens is 240 g/mol. The van der Waals surface area contributed by atoms with E-state index in [0.29, 0.717) is 25.8 Å². The van der Waals surface area contributed by atoms with Crippen LogP contribution < -0.4 is 16.4 Å². The zero-order valence-corrected chi connectivity index (χ0v) is 10.0. The molecule has 0 aromatic heterocycles. The van der Waals surface area contributed by atoms with Crippen molar-refractivity contribution in [1.82, 2.24) is 10.6 Å². The molecule has 9 heteroatoms. The van der Waals surface area contributed by atoms with Crippen LogP contribution in [0.1, 0.15) is 19.3 Å². The molecule has 1 atom stereocenters. The van der Waals surface area contributed by atoms with Gasteiger partial charge < -0.3 is 21.5 Å². The minimum atomic E-state index is -1.02. The highest BCUT2D eigenvalue weighted by atomic mass is 16.4. The van der Waals surface area contributed by atoms with Crippen LogP contribution in [0.4, 0.5) is 4.79 Å². The topological polar surface area (TPSA) is 153 Å². The average Bonchev–Trinajstić information content (AvgIpc) is 2.33. The Morgan fingerprint density at radius 3 is 2.61 bits per heavy atom. The fourth-order valence-corrected chi connectivity index (χ4v) is 1.14. The van der Waals surface area contributed by atoms with Crippen molar-refractivity contribution >= 4 is 12.0 Å². The molecule has 0 spiro atoms. The lowest BCUT2D eigenvalue weighted by molar-refractivity contribution is -0.138. The third kappa shape index (κ3) is 9.25. The van der Waals surface area contributed by atoms with Gasteiger partial charge in [-0.2, -0.15) is 0 Å². The summed E-state index contributed by atoms with van der Waals surface area (Å²) in [6.45, 7) is 0.927. The van der Waals surface area contributed by atoms with E-state index >= 15 is 0 Å². The van der Waals surface area contributed by atoms with Crippen LogP contribution in [0.5, 0.6) is 0 Å². The Kier molecular flexibility index (Phi) is 9.06. The van der Waals surface area contributed by atoms with Crippen LogP contribution in [-0.2, 0) is 4.79 Å². The normalized spacial score (nSPS) is 11.2. The van der Waals surface area contributed by atoms with Crippen LogP contribution in [-0.4, -0.2) is 42.8 Å². The molecule has 0 aromatic rings. The van der Waals surface area contributed by atoms with Gasteiger partial charge in [-0.05, 0) is 24.8 Å². The summed E-state index contributed by atoms with van der Waals surface area (Å²) in [6.07, 6.45) is 1.67. The quantitative estimate of drug-likeness (QED) is 0.201. The Labute approximate surface area is 104 Å². The number of carboxylic acids is 1. The number of urea groups is 1. The molecule has 0 fully saturated rings. The van der Waals surface area contributed by atoms with Crippen molar-refractivity contribution in [3.05, 3.63) is 10.4 Å². The van der Waals surface area contributed by atoms with Crippen molar-refractivity contribution in [1.29, 1.82) is 0 Å². The van der Waals surface area contributed by atoms with Crippen molar-refractivity contribution in [3.63, 3.8) is 0 Å². The number of carbonyl (C=O) groups excluding carboxylic acids is 1. The Morgan fingerprint density at radius 2 is 2.00 bits per heavy atom. The second-order valence-corrected chi connectivity index (χ2v) is 3.58. The maximum absolute atomic E-state index is 11.1. The van der Waals surface area contributed by atoms with Crippen LogP contribution in [0.3, 0.4) is 0 Å². The number of aliphatic carboxylic acids is 1. The van der Waals surface area contributed by atoms with Gasteiger partial charge in [-0.1, -0.05) is 5.11 Å². The molecule has 0 aliphatic rings. The maximum atomic E-state index is 11.1. The molecule has 0 aliphatic heterocycles. The summed E-state index contributed by atoms with van der Waals surface area (Å²) >= 11 is 0. The first-order chi connectivity index (χ1) is 8.57. The van der Waals surface area contributed by atoms with Crippen molar-refractivity contribution < 1.29 is 14.7 Å². The average molecular weight is 258 g/mol. The van der Waals surface area contributed by atoms with Gasteiger partial charge in [0.1, 0.15) is 6.04 Å². The van der Waals surface area contributed by atoms with Crippen molar-refractivity contribution in [2.24, 2.45) is 10.8 Å². The Hall–Kier alpha value is -1.99. The summed E-state index contributed by atoms with van der Waals surface area (Å²) in [6, 6.07) is -1.19. The second-order valence-electron chi connectivity index (χ2n) is 3.58. The predicted molar refractivity (Wildman–Crippen MR) is 64.9 cm³/mol. The fourth-order valence-electron chi connectivity index (χ4n) is 1.14. The molecule has 2 amide bonds.